The van der Waals surface area contributed by atoms with Gasteiger partial charge < -0.3 is 20.5 Å². The van der Waals surface area contributed by atoms with Crippen LogP contribution in [-0.4, -0.2) is 73.9 Å². The van der Waals surface area contributed by atoms with Crippen LogP contribution in [0.3, 0.4) is 0 Å². The highest BCUT2D eigenvalue weighted by Gasteiger charge is 2.09. The normalized spacial score (nSPS) is 12.4. The van der Waals surface area contributed by atoms with E-state index in [1.807, 2.05) is 18.7 Å². The van der Waals surface area contributed by atoms with E-state index >= 15 is 0 Å². The Labute approximate surface area is 127 Å². The van der Waals surface area contributed by atoms with Crippen LogP contribution in [0.15, 0.2) is 0 Å². The minimum atomic E-state index is -0.791. The van der Waals surface area contributed by atoms with Gasteiger partial charge in [-0.1, -0.05) is 6.92 Å². The van der Waals surface area contributed by atoms with E-state index in [1.165, 1.54) is 0 Å². The van der Waals surface area contributed by atoms with Crippen molar-refractivity contribution in [3.63, 3.8) is 0 Å². The highest BCUT2D eigenvalue weighted by molar-refractivity contribution is 5.71. The maximum absolute atomic E-state index is 11.4. The largest absolute Gasteiger partial charge is 0.481 e. The number of nitrogens with one attached hydrogen (secondary N) is 2. The molecule has 1 unspecified atom stereocenters. The van der Waals surface area contributed by atoms with Crippen molar-refractivity contribution < 1.29 is 19.4 Å². The first-order valence-corrected chi connectivity index (χ1v) is 7.53. The number of carboxylic acids is 1. The molecule has 0 radical (unpaired) electrons. The summed E-state index contributed by atoms with van der Waals surface area (Å²) in [5, 5.41) is 15.0. The average molecular weight is 303 g/mol. The van der Waals surface area contributed by atoms with Gasteiger partial charge in [-0.25, -0.2) is 0 Å². The Hall–Kier alpha value is -1.18. The summed E-state index contributed by atoms with van der Waals surface area (Å²) < 4.78 is 4.92. The summed E-state index contributed by atoms with van der Waals surface area (Å²) >= 11 is 0. The zero-order valence-electron chi connectivity index (χ0n) is 13.4. The van der Waals surface area contributed by atoms with E-state index in [-0.39, 0.29) is 18.4 Å². The molecule has 0 bridgehead atoms. The first kappa shape index (κ1) is 19.8. The molecule has 21 heavy (non-hydrogen) atoms. The van der Waals surface area contributed by atoms with E-state index in [2.05, 4.69) is 10.6 Å². The Morgan fingerprint density at radius 3 is 2.52 bits per heavy atom. The molecule has 0 spiro atoms. The van der Waals surface area contributed by atoms with Gasteiger partial charge in [0.2, 0.25) is 0 Å². The molecule has 7 nitrogen and oxygen atoms in total. The van der Waals surface area contributed by atoms with Gasteiger partial charge in [0.15, 0.2) is 0 Å². The maximum atomic E-state index is 11.4. The maximum Gasteiger partial charge on any atom is 0.320 e. The second kappa shape index (κ2) is 12.6. The number of carbonyl (C=O) groups is 2. The molecule has 0 aromatic heterocycles. The molecule has 0 aromatic rings. The van der Waals surface area contributed by atoms with Crippen molar-refractivity contribution >= 4 is 11.9 Å². The van der Waals surface area contributed by atoms with Gasteiger partial charge in [0, 0.05) is 32.2 Å². The van der Waals surface area contributed by atoms with Crippen molar-refractivity contribution in [1.82, 2.24) is 15.5 Å². The van der Waals surface area contributed by atoms with Crippen LogP contribution in [0.4, 0.5) is 0 Å². The van der Waals surface area contributed by atoms with Gasteiger partial charge in [-0.2, -0.15) is 0 Å². The van der Waals surface area contributed by atoms with Crippen molar-refractivity contribution in [2.75, 3.05) is 45.9 Å². The third-order valence-electron chi connectivity index (χ3n) is 2.99. The fourth-order valence-corrected chi connectivity index (χ4v) is 1.84. The lowest BCUT2D eigenvalue weighted by Crippen LogP contribution is -2.39. The zero-order valence-corrected chi connectivity index (χ0v) is 13.4. The average Bonchev–Trinajstić information content (AvgIpc) is 2.40. The van der Waals surface area contributed by atoms with E-state index in [0.29, 0.717) is 13.2 Å². The molecule has 0 fully saturated rings. The fourth-order valence-electron chi connectivity index (χ4n) is 1.84. The van der Waals surface area contributed by atoms with Gasteiger partial charge in [-0.05, 0) is 20.4 Å². The number of likely N-dealkylation sites (N-methyl/N-ethyl adjacent to an activating group) is 1. The van der Waals surface area contributed by atoms with Crippen LogP contribution in [0.2, 0.25) is 0 Å². The quantitative estimate of drug-likeness (QED) is 0.324. The van der Waals surface area contributed by atoms with Crippen LogP contribution in [0.5, 0.6) is 0 Å². The predicted octanol–water partition coefficient (Wildman–Crippen LogP) is -0.0862. The lowest BCUT2D eigenvalue weighted by atomic mass is 10.2. The van der Waals surface area contributed by atoms with E-state index in [9.17, 15) is 9.59 Å². The summed E-state index contributed by atoms with van der Waals surface area (Å²) in [6, 6.07) is -0.0275. The Morgan fingerprint density at radius 1 is 1.24 bits per heavy atom. The Bertz CT molecular complexity index is 300. The molecule has 0 aromatic carbocycles. The fraction of sp³-hybridized carbons (Fsp3) is 0.857. The van der Waals surface area contributed by atoms with Crippen LogP contribution >= 0.6 is 0 Å². The summed E-state index contributed by atoms with van der Waals surface area (Å²) in [4.78, 5) is 23.9. The van der Waals surface area contributed by atoms with E-state index in [4.69, 9.17) is 9.84 Å². The molecular formula is C14H29N3O4. The summed E-state index contributed by atoms with van der Waals surface area (Å²) in [5.74, 6) is -0.982. The number of aliphatic carboxylic acids is 1. The Morgan fingerprint density at radius 2 is 1.95 bits per heavy atom. The second-order valence-corrected chi connectivity index (χ2v) is 4.88. The van der Waals surface area contributed by atoms with Crippen LogP contribution in [0.1, 0.15) is 27.2 Å². The van der Waals surface area contributed by atoms with Gasteiger partial charge in [0.1, 0.15) is 0 Å². The molecule has 124 valence electrons. The van der Waals surface area contributed by atoms with E-state index in [0.717, 1.165) is 32.7 Å². The predicted molar refractivity (Wildman–Crippen MR) is 81.3 cm³/mol. The number of rotatable bonds is 13. The van der Waals surface area contributed by atoms with Gasteiger partial charge >= 0.3 is 11.9 Å². The highest BCUT2D eigenvalue weighted by atomic mass is 16.5. The van der Waals surface area contributed by atoms with Crippen LogP contribution < -0.4 is 10.6 Å². The first-order valence-electron chi connectivity index (χ1n) is 7.53. The van der Waals surface area contributed by atoms with Gasteiger partial charge in [-0.15, -0.1) is 0 Å². The molecule has 3 N–H and O–H groups in total. The third-order valence-corrected chi connectivity index (χ3v) is 2.99. The Balaban J connectivity index is 3.59. The summed E-state index contributed by atoms with van der Waals surface area (Å²) in [5.41, 5.74) is 0. The van der Waals surface area contributed by atoms with Gasteiger partial charge in [0.05, 0.1) is 19.6 Å². The summed E-state index contributed by atoms with van der Waals surface area (Å²) in [7, 11) is 0. The van der Waals surface area contributed by atoms with Crippen molar-refractivity contribution in [2.45, 2.75) is 33.2 Å². The molecule has 1 atom stereocenters. The van der Waals surface area contributed by atoms with Gasteiger partial charge in [-0.3, -0.25) is 14.5 Å². The molecule has 0 saturated carbocycles. The minimum Gasteiger partial charge on any atom is -0.481 e. The topological polar surface area (TPSA) is 90.9 Å². The van der Waals surface area contributed by atoms with E-state index in [1.54, 1.807) is 6.92 Å². The number of carbonyl (C=O) groups excluding carboxylic acids is 1. The molecule has 0 amide bonds. The monoisotopic (exact) mass is 303 g/mol. The molecular weight excluding hydrogens is 274 g/mol. The Kier molecular flexibility index (Phi) is 11.8. The highest BCUT2D eigenvalue weighted by Crippen LogP contribution is 1.90. The number of hydrogen-bond donors (Lipinski definition) is 3. The SMILES string of the molecule is CCOC(=O)CN(CC)CCNCCNC(C)CC(=O)O. The van der Waals surface area contributed by atoms with Crippen LogP contribution in [0, 0.1) is 0 Å². The van der Waals surface area contributed by atoms with Crippen molar-refractivity contribution in [3.05, 3.63) is 0 Å². The van der Waals surface area contributed by atoms with Crippen molar-refractivity contribution in [3.8, 4) is 0 Å². The van der Waals surface area contributed by atoms with Crippen LogP contribution in [-0.2, 0) is 14.3 Å². The molecule has 0 aliphatic rings. The molecule has 0 rings (SSSR count). The van der Waals surface area contributed by atoms with Crippen LogP contribution in [0.25, 0.3) is 0 Å². The summed E-state index contributed by atoms with van der Waals surface area (Å²) in [6.45, 7) is 10.2. The zero-order chi connectivity index (χ0) is 16.1. The number of hydrogen-bond acceptors (Lipinski definition) is 6. The second-order valence-electron chi connectivity index (χ2n) is 4.88. The smallest absolute Gasteiger partial charge is 0.320 e. The van der Waals surface area contributed by atoms with E-state index < -0.39 is 5.97 Å². The number of esters is 1. The lowest BCUT2D eigenvalue weighted by Gasteiger charge is -2.19. The summed E-state index contributed by atoms with van der Waals surface area (Å²) in [6.07, 6.45) is 0.128. The molecule has 7 heteroatoms. The van der Waals surface area contributed by atoms with Gasteiger partial charge in [0.25, 0.3) is 0 Å². The standard InChI is InChI=1S/C14H29N3O4/c1-4-17(11-14(20)21-5-2)9-8-15-6-7-16-12(3)10-13(18)19/h12,15-16H,4-11H2,1-3H3,(H,18,19). The number of carboxylic acid groups (broad SMARTS) is 1. The molecule has 0 saturated heterocycles. The molecule has 0 heterocycles. The minimum absolute atomic E-state index is 0.0275. The molecule has 0 aliphatic heterocycles. The number of nitrogens with zero attached hydrogens (tertiary/aromatic N) is 1. The van der Waals surface area contributed by atoms with Crippen molar-refractivity contribution in [1.29, 1.82) is 0 Å². The number of ether oxygens (including phenoxy) is 1. The third kappa shape index (κ3) is 12.3. The first-order chi connectivity index (χ1) is 9.99. The van der Waals surface area contributed by atoms with Crippen molar-refractivity contribution in [2.24, 2.45) is 0 Å². The molecule has 0 aliphatic carbocycles. The lowest BCUT2D eigenvalue weighted by molar-refractivity contribution is -0.144.